The molecule has 0 aliphatic carbocycles. The molecule has 0 aromatic heterocycles. The van der Waals surface area contributed by atoms with Crippen LogP contribution in [-0.4, -0.2) is 53.7 Å². The second-order valence-corrected chi connectivity index (χ2v) is 4.97. The van der Waals surface area contributed by atoms with Crippen LogP contribution in [0.3, 0.4) is 0 Å². The van der Waals surface area contributed by atoms with Gasteiger partial charge in [0.05, 0.1) is 18.1 Å². The molecule has 0 saturated carbocycles. The van der Waals surface area contributed by atoms with E-state index in [-0.39, 0.29) is 18.0 Å². The Labute approximate surface area is 127 Å². The number of hydrogen-bond acceptors (Lipinski definition) is 6. The lowest BCUT2D eigenvalue weighted by molar-refractivity contribution is -0.385. The molecule has 1 N–H and O–H groups in total. The number of benzene rings is 1. The van der Waals surface area contributed by atoms with Gasteiger partial charge in [-0.3, -0.25) is 19.8 Å². The summed E-state index contributed by atoms with van der Waals surface area (Å²) in [6.07, 6.45) is 1.46. The number of nitrogens with zero attached hydrogens (tertiary/aromatic N) is 2. The standard InChI is InChI=1S/C14H18N2O6/c1-21-10-4-5-13(12(9-10)16(19)20)22-8-7-15-6-2-3-11(15)14(17)18/h4-5,9,11H,2-3,6-8H2,1H3,(H,17,18). The molecule has 1 aromatic carbocycles. The van der Waals surface area contributed by atoms with E-state index >= 15 is 0 Å². The van der Waals surface area contributed by atoms with Gasteiger partial charge in [-0.1, -0.05) is 0 Å². The summed E-state index contributed by atoms with van der Waals surface area (Å²) in [6.45, 7) is 1.31. The third kappa shape index (κ3) is 3.64. The number of ether oxygens (including phenoxy) is 2. The van der Waals surface area contributed by atoms with Crippen molar-refractivity contribution in [3.05, 3.63) is 28.3 Å². The molecule has 120 valence electrons. The van der Waals surface area contributed by atoms with E-state index in [1.807, 2.05) is 4.90 Å². The molecule has 22 heavy (non-hydrogen) atoms. The van der Waals surface area contributed by atoms with Crippen LogP contribution in [0.2, 0.25) is 0 Å². The zero-order valence-electron chi connectivity index (χ0n) is 12.2. The number of carboxylic acids is 1. The Bertz CT molecular complexity index is 562. The summed E-state index contributed by atoms with van der Waals surface area (Å²) in [6, 6.07) is 3.87. The highest BCUT2D eigenvalue weighted by molar-refractivity contribution is 5.73. The van der Waals surface area contributed by atoms with Gasteiger partial charge in [0, 0.05) is 6.54 Å². The summed E-state index contributed by atoms with van der Waals surface area (Å²) >= 11 is 0. The Hall–Kier alpha value is -2.35. The first-order valence-electron chi connectivity index (χ1n) is 6.95. The van der Waals surface area contributed by atoms with Gasteiger partial charge in [0.2, 0.25) is 0 Å². The molecule has 8 nitrogen and oxygen atoms in total. The quantitative estimate of drug-likeness (QED) is 0.602. The molecule has 0 radical (unpaired) electrons. The van der Waals surface area contributed by atoms with Crippen LogP contribution in [-0.2, 0) is 4.79 Å². The number of carbonyl (C=O) groups is 1. The maximum Gasteiger partial charge on any atom is 0.320 e. The summed E-state index contributed by atoms with van der Waals surface area (Å²) in [5.41, 5.74) is -0.171. The number of nitro groups is 1. The number of methoxy groups -OCH3 is 1. The van der Waals surface area contributed by atoms with Crippen molar-refractivity contribution in [2.24, 2.45) is 0 Å². The molecule has 2 rings (SSSR count). The fourth-order valence-corrected chi connectivity index (χ4v) is 2.54. The largest absolute Gasteiger partial charge is 0.496 e. The van der Waals surface area contributed by atoms with E-state index in [1.54, 1.807) is 6.07 Å². The lowest BCUT2D eigenvalue weighted by Crippen LogP contribution is -2.38. The lowest BCUT2D eigenvalue weighted by Gasteiger charge is -2.20. The second kappa shape index (κ2) is 7.08. The Morgan fingerprint density at radius 2 is 2.32 bits per heavy atom. The van der Waals surface area contributed by atoms with E-state index in [4.69, 9.17) is 14.6 Å². The molecule has 1 unspecified atom stereocenters. The molecule has 0 bridgehead atoms. The molecule has 0 spiro atoms. The Morgan fingerprint density at radius 1 is 1.55 bits per heavy atom. The van der Waals surface area contributed by atoms with Crippen LogP contribution in [0.4, 0.5) is 5.69 Å². The first-order valence-corrected chi connectivity index (χ1v) is 6.95. The molecular formula is C14H18N2O6. The van der Waals surface area contributed by atoms with Crippen LogP contribution >= 0.6 is 0 Å². The fourth-order valence-electron chi connectivity index (χ4n) is 2.54. The van der Waals surface area contributed by atoms with Crippen molar-refractivity contribution >= 4 is 11.7 Å². The van der Waals surface area contributed by atoms with E-state index in [0.29, 0.717) is 25.3 Å². The van der Waals surface area contributed by atoms with Gasteiger partial charge in [0.1, 0.15) is 18.4 Å². The molecule has 1 fully saturated rings. The van der Waals surface area contributed by atoms with Gasteiger partial charge in [-0.2, -0.15) is 0 Å². The first kappa shape index (κ1) is 16.0. The Morgan fingerprint density at radius 3 is 2.95 bits per heavy atom. The van der Waals surface area contributed by atoms with Gasteiger partial charge in [-0.25, -0.2) is 0 Å². The molecule has 8 heteroatoms. The number of likely N-dealkylation sites (tertiary alicyclic amines) is 1. The van der Waals surface area contributed by atoms with Crippen LogP contribution in [0.15, 0.2) is 18.2 Å². The molecule has 1 saturated heterocycles. The number of hydrogen-bond donors (Lipinski definition) is 1. The van der Waals surface area contributed by atoms with Crippen LogP contribution in [0.1, 0.15) is 12.8 Å². The summed E-state index contributed by atoms with van der Waals surface area (Å²) in [4.78, 5) is 23.4. The topological polar surface area (TPSA) is 102 Å². The lowest BCUT2D eigenvalue weighted by atomic mass is 10.2. The van der Waals surface area contributed by atoms with Crippen molar-refractivity contribution in [3.8, 4) is 11.5 Å². The van der Waals surface area contributed by atoms with Gasteiger partial charge in [0.25, 0.3) is 0 Å². The van der Waals surface area contributed by atoms with E-state index in [1.165, 1.54) is 19.2 Å². The van der Waals surface area contributed by atoms with E-state index < -0.39 is 16.9 Å². The number of nitro benzene ring substituents is 1. The maximum absolute atomic E-state index is 11.1. The van der Waals surface area contributed by atoms with Crippen molar-refractivity contribution in [1.82, 2.24) is 4.90 Å². The van der Waals surface area contributed by atoms with Crippen LogP contribution in [0.5, 0.6) is 11.5 Å². The van der Waals surface area contributed by atoms with Crippen molar-refractivity contribution in [2.45, 2.75) is 18.9 Å². The highest BCUT2D eigenvalue weighted by Crippen LogP contribution is 2.31. The highest BCUT2D eigenvalue weighted by atomic mass is 16.6. The fraction of sp³-hybridized carbons (Fsp3) is 0.500. The molecule has 1 aliphatic rings. The minimum Gasteiger partial charge on any atom is -0.496 e. The summed E-state index contributed by atoms with van der Waals surface area (Å²) in [5.74, 6) is -0.311. The molecular weight excluding hydrogens is 292 g/mol. The number of aliphatic carboxylic acids is 1. The van der Waals surface area contributed by atoms with Gasteiger partial charge in [-0.05, 0) is 31.5 Å². The first-order chi connectivity index (χ1) is 10.5. The zero-order chi connectivity index (χ0) is 16.1. The number of rotatable bonds is 7. The minimum absolute atomic E-state index is 0.150. The van der Waals surface area contributed by atoms with Gasteiger partial charge < -0.3 is 14.6 Å². The molecule has 0 amide bonds. The third-order valence-corrected chi connectivity index (χ3v) is 3.65. The van der Waals surface area contributed by atoms with Crippen LogP contribution in [0, 0.1) is 10.1 Å². The minimum atomic E-state index is -0.840. The van der Waals surface area contributed by atoms with Gasteiger partial charge >= 0.3 is 11.7 Å². The van der Waals surface area contributed by atoms with Crippen molar-refractivity contribution in [2.75, 3.05) is 26.8 Å². The summed E-state index contributed by atoms with van der Waals surface area (Å²) in [5, 5.41) is 20.1. The molecule has 1 atom stereocenters. The maximum atomic E-state index is 11.1. The molecule has 1 heterocycles. The second-order valence-electron chi connectivity index (χ2n) is 4.97. The van der Waals surface area contributed by atoms with E-state index in [9.17, 15) is 14.9 Å². The van der Waals surface area contributed by atoms with Crippen molar-refractivity contribution in [1.29, 1.82) is 0 Å². The van der Waals surface area contributed by atoms with Crippen molar-refractivity contribution < 1.29 is 24.3 Å². The third-order valence-electron chi connectivity index (χ3n) is 3.65. The zero-order valence-corrected chi connectivity index (χ0v) is 12.2. The smallest absolute Gasteiger partial charge is 0.320 e. The van der Waals surface area contributed by atoms with Crippen LogP contribution in [0.25, 0.3) is 0 Å². The molecule has 1 aliphatic heterocycles. The normalized spacial score (nSPS) is 18.1. The molecule has 1 aromatic rings. The van der Waals surface area contributed by atoms with Crippen LogP contribution < -0.4 is 9.47 Å². The summed E-state index contributed by atoms with van der Waals surface area (Å²) in [7, 11) is 1.43. The average Bonchev–Trinajstić information content (AvgIpc) is 2.96. The predicted molar refractivity (Wildman–Crippen MR) is 77.4 cm³/mol. The highest BCUT2D eigenvalue weighted by Gasteiger charge is 2.30. The van der Waals surface area contributed by atoms with E-state index in [2.05, 4.69) is 0 Å². The van der Waals surface area contributed by atoms with Gasteiger partial charge in [0.15, 0.2) is 5.75 Å². The SMILES string of the molecule is COc1ccc(OCCN2CCCC2C(=O)O)c([N+](=O)[O-])c1. The Kier molecular flexibility index (Phi) is 5.16. The Balaban J connectivity index is 1.97. The number of carboxylic acid groups (broad SMARTS) is 1. The predicted octanol–water partition coefficient (Wildman–Crippen LogP) is 1.53. The monoisotopic (exact) mass is 310 g/mol. The van der Waals surface area contributed by atoms with E-state index in [0.717, 1.165) is 6.42 Å². The van der Waals surface area contributed by atoms with Crippen molar-refractivity contribution in [3.63, 3.8) is 0 Å². The van der Waals surface area contributed by atoms with Gasteiger partial charge in [-0.15, -0.1) is 0 Å². The summed E-state index contributed by atoms with van der Waals surface area (Å²) < 4.78 is 10.4. The average molecular weight is 310 g/mol.